The van der Waals surface area contributed by atoms with Gasteiger partial charge in [0.25, 0.3) is 5.56 Å². The highest BCUT2D eigenvalue weighted by Crippen LogP contribution is 2.31. The number of carbonyl (C=O) groups excluding carboxylic acids is 1. The molecule has 3 aromatic rings. The number of hydrogen-bond acceptors (Lipinski definition) is 6. The van der Waals surface area contributed by atoms with Crippen molar-refractivity contribution in [2.75, 3.05) is 37.0 Å². The van der Waals surface area contributed by atoms with Crippen molar-refractivity contribution in [3.8, 4) is 11.8 Å². The maximum absolute atomic E-state index is 12.8. The third-order valence-electron chi connectivity index (χ3n) is 6.22. The number of pyridine rings is 1. The van der Waals surface area contributed by atoms with E-state index in [0.29, 0.717) is 18.8 Å². The molecule has 1 aliphatic heterocycles. The summed E-state index contributed by atoms with van der Waals surface area (Å²) in [6, 6.07) is 17.3. The van der Waals surface area contributed by atoms with Gasteiger partial charge < -0.3 is 19.1 Å². The van der Waals surface area contributed by atoms with Crippen LogP contribution >= 0.6 is 0 Å². The molecule has 4 rings (SSSR count). The van der Waals surface area contributed by atoms with E-state index in [1.54, 1.807) is 24.0 Å². The molecule has 1 saturated heterocycles. The summed E-state index contributed by atoms with van der Waals surface area (Å²) in [6.07, 6.45) is 5.83. The first-order valence-electron chi connectivity index (χ1n) is 11.5. The fourth-order valence-electron chi connectivity index (χ4n) is 4.38. The van der Waals surface area contributed by atoms with Crippen LogP contribution in [-0.2, 0) is 11.8 Å². The van der Waals surface area contributed by atoms with E-state index < -0.39 is 0 Å². The summed E-state index contributed by atoms with van der Waals surface area (Å²) in [6.45, 7) is 1.37. The van der Waals surface area contributed by atoms with E-state index in [2.05, 4.69) is 11.0 Å². The van der Waals surface area contributed by atoms with E-state index >= 15 is 0 Å². The summed E-state index contributed by atoms with van der Waals surface area (Å²) in [7, 11) is 5.49. The number of benzene rings is 2. The second-order valence-corrected chi connectivity index (χ2v) is 8.79. The van der Waals surface area contributed by atoms with E-state index in [4.69, 9.17) is 4.74 Å². The molecular weight excluding hydrogens is 442 g/mol. The van der Waals surface area contributed by atoms with E-state index in [-0.39, 0.29) is 17.2 Å². The third kappa shape index (κ3) is 4.99. The van der Waals surface area contributed by atoms with Crippen molar-refractivity contribution in [3.63, 3.8) is 0 Å². The maximum atomic E-state index is 12.8. The van der Waals surface area contributed by atoms with Gasteiger partial charge in [-0.25, -0.2) is 0 Å². The summed E-state index contributed by atoms with van der Waals surface area (Å²) in [5.41, 5.74) is 2.19. The van der Waals surface area contributed by atoms with Gasteiger partial charge >= 0.3 is 0 Å². The normalized spacial score (nSPS) is 14.2. The molecule has 0 radical (unpaired) electrons. The van der Waals surface area contributed by atoms with Crippen LogP contribution < -0.4 is 20.1 Å². The topological polar surface area (TPSA) is 81.8 Å². The summed E-state index contributed by atoms with van der Waals surface area (Å²) < 4.78 is 7.74. The molecule has 0 bridgehead atoms. The second-order valence-electron chi connectivity index (χ2n) is 8.79. The number of nitrogens with zero attached hydrogens (tertiary/aromatic N) is 5. The van der Waals surface area contributed by atoms with Crippen LogP contribution in [0.2, 0.25) is 0 Å². The third-order valence-corrected chi connectivity index (χ3v) is 6.22. The number of nitriles is 1. The molecule has 2 aromatic carbocycles. The summed E-state index contributed by atoms with van der Waals surface area (Å²) in [4.78, 5) is 29.7. The molecule has 2 heterocycles. The number of para-hydroxylation sites is 1. The molecule has 0 atom stereocenters. The first-order chi connectivity index (χ1) is 16.9. The first-order valence-corrected chi connectivity index (χ1v) is 11.5. The Morgan fingerprint density at radius 2 is 1.74 bits per heavy atom. The Hall–Kier alpha value is -4.25. The van der Waals surface area contributed by atoms with Crippen LogP contribution in [0, 0.1) is 11.3 Å². The van der Waals surface area contributed by atoms with E-state index in [1.165, 1.54) is 4.90 Å². The molecule has 8 nitrogen and oxygen atoms in total. The lowest BCUT2D eigenvalue weighted by Gasteiger charge is -2.35. The molecule has 1 amide bonds. The fraction of sp³-hybridized carbons (Fsp3) is 0.296. The van der Waals surface area contributed by atoms with Crippen LogP contribution in [-0.4, -0.2) is 49.2 Å². The standard InChI is InChI=1S/C27H29N5O3/c1-29(2)16-17-32(19-33)20-8-10-21(11-9-20)35-22-12-14-31(15-13-22)26-23-6-4-5-7-25(23)30(3)27(34)24(26)18-28/h4-11,16-17,19,22H,12-15H2,1-3H3/b17-16-. The molecule has 1 aliphatic rings. The van der Waals surface area contributed by atoms with Crippen molar-refractivity contribution < 1.29 is 9.53 Å². The maximum Gasteiger partial charge on any atom is 0.270 e. The number of amides is 1. The molecule has 180 valence electrons. The second kappa shape index (κ2) is 10.3. The number of anilines is 2. The number of hydrogen-bond donors (Lipinski definition) is 0. The van der Waals surface area contributed by atoms with Crippen molar-refractivity contribution in [2.24, 2.45) is 7.05 Å². The molecule has 1 aromatic heterocycles. The van der Waals surface area contributed by atoms with Crippen molar-refractivity contribution in [3.05, 3.63) is 76.8 Å². The summed E-state index contributed by atoms with van der Waals surface area (Å²) in [5.74, 6) is 0.742. The molecule has 1 fully saturated rings. The van der Waals surface area contributed by atoms with Crippen LogP contribution in [0.25, 0.3) is 10.9 Å². The minimum Gasteiger partial charge on any atom is -0.490 e. The molecule has 35 heavy (non-hydrogen) atoms. The lowest BCUT2D eigenvalue weighted by atomic mass is 10.0. The van der Waals surface area contributed by atoms with Gasteiger partial charge in [0.15, 0.2) is 0 Å². The SMILES string of the molecule is CN(C)/C=C\N(C=O)c1ccc(OC2CCN(c3c(C#N)c(=O)n(C)c4ccccc34)CC2)cc1. The predicted molar refractivity (Wildman–Crippen MR) is 138 cm³/mol. The number of rotatable bonds is 7. The summed E-state index contributed by atoms with van der Waals surface area (Å²) >= 11 is 0. The molecule has 0 aliphatic carbocycles. The van der Waals surface area contributed by atoms with Crippen LogP contribution in [0.15, 0.2) is 65.7 Å². The van der Waals surface area contributed by atoms with Gasteiger partial charge in [-0.15, -0.1) is 0 Å². The molecule has 0 N–H and O–H groups in total. The Labute approximate surface area is 204 Å². The van der Waals surface area contributed by atoms with Gasteiger partial charge in [-0.05, 0) is 30.3 Å². The van der Waals surface area contributed by atoms with Crippen LogP contribution in [0.1, 0.15) is 18.4 Å². The molecule has 8 heteroatoms. The summed E-state index contributed by atoms with van der Waals surface area (Å²) in [5, 5.41) is 10.7. The van der Waals surface area contributed by atoms with Gasteiger partial charge in [0.05, 0.1) is 11.2 Å². The zero-order valence-electron chi connectivity index (χ0n) is 20.2. The Morgan fingerprint density at radius 3 is 2.37 bits per heavy atom. The minimum absolute atomic E-state index is 0.0243. The first kappa shape index (κ1) is 23.9. The van der Waals surface area contributed by atoms with Gasteiger partial charge in [0, 0.05) is 70.5 Å². The number of fused-ring (bicyclic) bond motifs is 1. The lowest BCUT2D eigenvalue weighted by molar-refractivity contribution is -0.106. The predicted octanol–water partition coefficient (Wildman–Crippen LogP) is 3.45. The van der Waals surface area contributed by atoms with Gasteiger partial charge in [0.1, 0.15) is 23.5 Å². The molecular formula is C27H29N5O3. The average molecular weight is 472 g/mol. The average Bonchev–Trinajstić information content (AvgIpc) is 2.88. The molecule has 0 spiro atoms. The van der Waals surface area contributed by atoms with Gasteiger partial charge in [-0.1, -0.05) is 18.2 Å². The highest BCUT2D eigenvalue weighted by atomic mass is 16.5. The number of ether oxygens (including phenoxy) is 1. The quantitative estimate of drug-likeness (QED) is 0.491. The fourth-order valence-corrected chi connectivity index (χ4v) is 4.38. The Bertz CT molecular complexity index is 1330. The highest BCUT2D eigenvalue weighted by molar-refractivity contribution is 5.95. The van der Waals surface area contributed by atoms with Gasteiger partial charge in [-0.2, -0.15) is 5.26 Å². The molecule has 0 unspecified atom stereocenters. The zero-order valence-corrected chi connectivity index (χ0v) is 20.2. The molecule has 0 saturated carbocycles. The Kier molecular flexibility index (Phi) is 7.06. The number of aryl methyl sites for hydroxylation is 1. The van der Waals surface area contributed by atoms with E-state index in [0.717, 1.165) is 41.6 Å². The minimum atomic E-state index is -0.274. The largest absolute Gasteiger partial charge is 0.490 e. The van der Waals surface area contributed by atoms with Gasteiger partial charge in [-0.3, -0.25) is 14.5 Å². The lowest BCUT2D eigenvalue weighted by Crippen LogP contribution is -2.40. The number of carbonyl (C=O) groups is 1. The highest BCUT2D eigenvalue weighted by Gasteiger charge is 2.26. The van der Waals surface area contributed by atoms with Crippen molar-refractivity contribution in [1.82, 2.24) is 9.47 Å². The smallest absolute Gasteiger partial charge is 0.270 e. The van der Waals surface area contributed by atoms with Crippen molar-refractivity contribution in [1.29, 1.82) is 5.26 Å². The Balaban J connectivity index is 1.46. The van der Waals surface area contributed by atoms with Crippen LogP contribution in [0.4, 0.5) is 11.4 Å². The zero-order chi connectivity index (χ0) is 24.9. The van der Waals surface area contributed by atoms with Crippen molar-refractivity contribution in [2.45, 2.75) is 18.9 Å². The van der Waals surface area contributed by atoms with E-state index in [9.17, 15) is 14.9 Å². The van der Waals surface area contributed by atoms with E-state index in [1.807, 2.05) is 67.5 Å². The number of piperidine rings is 1. The van der Waals surface area contributed by atoms with Crippen molar-refractivity contribution >= 4 is 28.7 Å². The monoisotopic (exact) mass is 471 g/mol. The van der Waals surface area contributed by atoms with Gasteiger partial charge in [0.2, 0.25) is 6.41 Å². The number of aromatic nitrogens is 1. The Morgan fingerprint density at radius 1 is 1.06 bits per heavy atom. The van der Waals surface area contributed by atoms with Crippen LogP contribution in [0.3, 0.4) is 0 Å². The van der Waals surface area contributed by atoms with Crippen LogP contribution in [0.5, 0.6) is 5.75 Å².